The second-order valence-electron chi connectivity index (χ2n) is 3.99. The van der Waals surface area contributed by atoms with Gasteiger partial charge in [-0.1, -0.05) is 0 Å². The molecule has 7 heteroatoms. The predicted octanol–water partition coefficient (Wildman–Crippen LogP) is 0.591. The minimum absolute atomic E-state index is 0.123. The highest BCUT2D eigenvalue weighted by Gasteiger charge is 2.21. The van der Waals surface area contributed by atoms with Gasteiger partial charge in [0, 0.05) is 13.2 Å². The van der Waals surface area contributed by atoms with Crippen molar-refractivity contribution in [2.75, 3.05) is 12.8 Å². The molecule has 0 unspecified atom stereocenters. The van der Waals surface area contributed by atoms with Crippen LogP contribution in [0.2, 0.25) is 0 Å². The molecule has 0 aromatic carbocycles. The third kappa shape index (κ3) is 1.73. The van der Waals surface area contributed by atoms with E-state index in [0.29, 0.717) is 5.82 Å². The highest BCUT2D eigenvalue weighted by atomic mass is 16.5. The van der Waals surface area contributed by atoms with Crippen LogP contribution in [-0.2, 0) is 11.8 Å². The van der Waals surface area contributed by atoms with E-state index < -0.39 is 5.97 Å². The van der Waals surface area contributed by atoms with Gasteiger partial charge >= 0.3 is 5.97 Å². The first-order chi connectivity index (χ1) is 8.45. The maximum Gasteiger partial charge on any atom is 0.360 e. The molecule has 2 N–H and O–H groups in total. The molecular formula is C11H15N5O2. The number of imidazole rings is 1. The summed E-state index contributed by atoms with van der Waals surface area (Å²) in [5.74, 6) is 0.329. The first kappa shape index (κ1) is 12.2. The lowest BCUT2D eigenvalue weighted by Crippen LogP contribution is -2.08. The molecule has 7 nitrogen and oxygen atoms in total. The Kier molecular flexibility index (Phi) is 2.82. The summed E-state index contributed by atoms with van der Waals surface area (Å²) in [6.07, 6.45) is 1.82. The number of aromatic nitrogens is 4. The summed E-state index contributed by atoms with van der Waals surface area (Å²) in [5.41, 5.74) is 7.68. The number of rotatable bonds is 2. The van der Waals surface area contributed by atoms with Crippen LogP contribution in [0.1, 0.15) is 22.0 Å². The lowest BCUT2D eigenvalue weighted by Gasteiger charge is -2.05. The van der Waals surface area contributed by atoms with Gasteiger partial charge < -0.3 is 10.5 Å². The molecule has 0 aliphatic rings. The second kappa shape index (κ2) is 4.17. The van der Waals surface area contributed by atoms with Crippen molar-refractivity contribution in [1.29, 1.82) is 0 Å². The first-order valence-electron chi connectivity index (χ1n) is 5.39. The van der Waals surface area contributed by atoms with Crippen molar-refractivity contribution >= 4 is 11.8 Å². The molecule has 2 rings (SSSR count). The molecule has 0 radical (unpaired) electrons. The van der Waals surface area contributed by atoms with E-state index in [-0.39, 0.29) is 11.5 Å². The Hall–Kier alpha value is -2.31. The standard InChI is InChI=1S/C11H15N5O2/c1-6-8(5-15(3)14-6)16-7(2)13-9(10(16)12)11(17)18-4/h5H,12H2,1-4H3. The van der Waals surface area contributed by atoms with Crippen LogP contribution in [0.25, 0.3) is 5.69 Å². The Morgan fingerprint density at radius 3 is 2.61 bits per heavy atom. The van der Waals surface area contributed by atoms with Crippen LogP contribution >= 0.6 is 0 Å². The molecule has 96 valence electrons. The topological polar surface area (TPSA) is 88.0 Å². The highest BCUT2D eigenvalue weighted by Crippen LogP contribution is 2.22. The van der Waals surface area contributed by atoms with E-state index in [1.54, 1.807) is 16.2 Å². The average molecular weight is 249 g/mol. The summed E-state index contributed by atoms with van der Waals surface area (Å²) in [6, 6.07) is 0. The summed E-state index contributed by atoms with van der Waals surface area (Å²) in [7, 11) is 3.12. The van der Waals surface area contributed by atoms with Crippen molar-refractivity contribution in [3.63, 3.8) is 0 Å². The van der Waals surface area contributed by atoms with Crippen molar-refractivity contribution in [3.8, 4) is 5.69 Å². The molecule has 0 spiro atoms. The highest BCUT2D eigenvalue weighted by molar-refractivity contribution is 5.92. The van der Waals surface area contributed by atoms with Crippen LogP contribution in [-0.4, -0.2) is 32.4 Å². The van der Waals surface area contributed by atoms with Gasteiger partial charge in [-0.2, -0.15) is 5.10 Å². The summed E-state index contributed by atoms with van der Waals surface area (Å²) in [6.45, 7) is 3.64. The fourth-order valence-electron chi connectivity index (χ4n) is 1.91. The Morgan fingerprint density at radius 1 is 1.44 bits per heavy atom. The molecule has 18 heavy (non-hydrogen) atoms. The van der Waals surface area contributed by atoms with Gasteiger partial charge in [-0.3, -0.25) is 9.25 Å². The number of nitrogens with two attached hydrogens (primary N) is 1. The normalized spacial score (nSPS) is 10.7. The fraction of sp³-hybridized carbons (Fsp3) is 0.364. The van der Waals surface area contributed by atoms with Gasteiger partial charge in [0.1, 0.15) is 11.6 Å². The monoisotopic (exact) mass is 249 g/mol. The molecule has 0 saturated heterocycles. The number of anilines is 1. The molecule has 0 fully saturated rings. The number of nitrogens with zero attached hydrogens (tertiary/aromatic N) is 4. The van der Waals surface area contributed by atoms with Gasteiger partial charge in [-0.25, -0.2) is 9.78 Å². The SMILES string of the molecule is COC(=O)c1nc(C)n(-c2cn(C)nc2C)c1N. The number of carbonyl (C=O) groups excluding carboxylic acids is 1. The van der Waals surface area contributed by atoms with Gasteiger partial charge in [-0.15, -0.1) is 0 Å². The van der Waals surface area contributed by atoms with E-state index in [0.717, 1.165) is 11.4 Å². The summed E-state index contributed by atoms with van der Waals surface area (Å²) >= 11 is 0. The zero-order chi connectivity index (χ0) is 13.4. The smallest absolute Gasteiger partial charge is 0.360 e. The molecule has 2 heterocycles. The number of hydrogen-bond acceptors (Lipinski definition) is 5. The van der Waals surface area contributed by atoms with Crippen molar-refractivity contribution in [2.45, 2.75) is 13.8 Å². The van der Waals surface area contributed by atoms with E-state index >= 15 is 0 Å². The van der Waals surface area contributed by atoms with Crippen LogP contribution in [0.4, 0.5) is 5.82 Å². The quantitative estimate of drug-likeness (QED) is 0.787. The van der Waals surface area contributed by atoms with Gasteiger partial charge in [-0.05, 0) is 13.8 Å². The Labute approximate surface area is 104 Å². The van der Waals surface area contributed by atoms with E-state index in [2.05, 4.69) is 14.8 Å². The van der Waals surface area contributed by atoms with Crippen molar-refractivity contribution in [2.24, 2.45) is 7.05 Å². The molecule has 0 bridgehead atoms. The van der Waals surface area contributed by atoms with E-state index in [9.17, 15) is 4.79 Å². The van der Waals surface area contributed by atoms with E-state index in [1.807, 2.05) is 20.2 Å². The van der Waals surface area contributed by atoms with Gasteiger partial charge in [0.05, 0.1) is 18.5 Å². The van der Waals surface area contributed by atoms with Crippen molar-refractivity contribution in [1.82, 2.24) is 19.3 Å². The number of esters is 1. The molecule has 0 saturated carbocycles. The number of aryl methyl sites for hydroxylation is 3. The van der Waals surface area contributed by atoms with Gasteiger partial charge in [0.2, 0.25) is 0 Å². The summed E-state index contributed by atoms with van der Waals surface area (Å²) in [4.78, 5) is 15.7. The van der Waals surface area contributed by atoms with Crippen LogP contribution in [0.3, 0.4) is 0 Å². The molecule has 2 aromatic heterocycles. The third-order valence-corrected chi connectivity index (χ3v) is 2.69. The predicted molar refractivity (Wildman–Crippen MR) is 65.6 cm³/mol. The second-order valence-corrected chi connectivity index (χ2v) is 3.99. The number of carbonyl (C=O) groups is 1. The van der Waals surface area contributed by atoms with Gasteiger partial charge in [0.15, 0.2) is 5.69 Å². The zero-order valence-corrected chi connectivity index (χ0v) is 10.8. The van der Waals surface area contributed by atoms with Crippen LogP contribution in [0.5, 0.6) is 0 Å². The number of methoxy groups -OCH3 is 1. The maximum absolute atomic E-state index is 11.5. The molecular weight excluding hydrogens is 234 g/mol. The summed E-state index contributed by atoms with van der Waals surface area (Å²) < 4.78 is 8.01. The zero-order valence-electron chi connectivity index (χ0n) is 10.8. The fourth-order valence-corrected chi connectivity index (χ4v) is 1.91. The minimum Gasteiger partial charge on any atom is -0.464 e. The molecule has 2 aromatic rings. The van der Waals surface area contributed by atoms with Crippen molar-refractivity contribution in [3.05, 3.63) is 23.4 Å². The molecule has 0 aliphatic heterocycles. The Balaban J connectivity index is 2.62. The minimum atomic E-state index is -0.545. The molecule has 0 aliphatic carbocycles. The first-order valence-corrected chi connectivity index (χ1v) is 5.39. The Bertz CT molecular complexity index is 611. The van der Waals surface area contributed by atoms with Gasteiger partial charge in [0.25, 0.3) is 0 Å². The van der Waals surface area contributed by atoms with Crippen LogP contribution in [0.15, 0.2) is 6.20 Å². The molecule has 0 amide bonds. The largest absolute Gasteiger partial charge is 0.464 e. The van der Waals surface area contributed by atoms with E-state index in [4.69, 9.17) is 5.73 Å². The van der Waals surface area contributed by atoms with Crippen LogP contribution < -0.4 is 5.73 Å². The van der Waals surface area contributed by atoms with Crippen LogP contribution in [0, 0.1) is 13.8 Å². The lowest BCUT2D eigenvalue weighted by atomic mass is 10.3. The maximum atomic E-state index is 11.5. The third-order valence-electron chi connectivity index (χ3n) is 2.69. The lowest BCUT2D eigenvalue weighted by molar-refractivity contribution is 0.0596. The number of hydrogen-bond donors (Lipinski definition) is 1. The number of ether oxygens (including phenoxy) is 1. The van der Waals surface area contributed by atoms with E-state index in [1.165, 1.54) is 7.11 Å². The Morgan fingerprint density at radius 2 is 2.11 bits per heavy atom. The summed E-state index contributed by atoms with van der Waals surface area (Å²) in [5, 5.41) is 4.24. The average Bonchev–Trinajstić information content (AvgIpc) is 2.78. The van der Waals surface area contributed by atoms with Crippen molar-refractivity contribution < 1.29 is 9.53 Å². The number of nitrogen functional groups attached to an aromatic ring is 1. The molecule has 0 atom stereocenters.